The van der Waals surface area contributed by atoms with E-state index in [-0.39, 0.29) is 0 Å². The van der Waals surface area contributed by atoms with E-state index in [0.29, 0.717) is 25.2 Å². The molecule has 1 fully saturated rings. The van der Waals surface area contributed by atoms with Gasteiger partial charge in [0.05, 0.1) is 26.4 Å². The highest BCUT2D eigenvalue weighted by molar-refractivity contribution is 4.78. The summed E-state index contributed by atoms with van der Waals surface area (Å²) < 4.78 is 21.5. The first-order valence-electron chi connectivity index (χ1n) is 7.34. The molecule has 19 heavy (non-hydrogen) atoms. The van der Waals surface area contributed by atoms with Crippen LogP contribution in [-0.2, 0) is 18.9 Å². The minimum atomic E-state index is 0.404. The summed E-state index contributed by atoms with van der Waals surface area (Å²) >= 11 is 0. The van der Waals surface area contributed by atoms with E-state index >= 15 is 0 Å². The number of hydrogen-bond acceptors (Lipinski definition) is 5. The van der Waals surface area contributed by atoms with Crippen LogP contribution in [0.5, 0.6) is 0 Å². The zero-order chi connectivity index (χ0) is 13.8. The van der Waals surface area contributed by atoms with Crippen LogP contribution in [0.3, 0.4) is 0 Å². The maximum Gasteiger partial charge on any atom is 0.0701 e. The van der Waals surface area contributed by atoms with Gasteiger partial charge in [-0.2, -0.15) is 0 Å². The Kier molecular flexibility index (Phi) is 10.3. The minimum absolute atomic E-state index is 0.404. The van der Waals surface area contributed by atoms with E-state index in [0.717, 1.165) is 52.4 Å². The first kappa shape index (κ1) is 16.9. The summed E-state index contributed by atoms with van der Waals surface area (Å²) in [5, 5.41) is 3.48. The Morgan fingerprint density at radius 3 is 2.74 bits per heavy atom. The molecule has 1 heterocycles. The third-order valence-electron chi connectivity index (χ3n) is 3.31. The molecule has 0 saturated carbocycles. The van der Waals surface area contributed by atoms with Crippen molar-refractivity contribution in [3.8, 4) is 0 Å². The number of likely N-dealkylation sites (N-methyl/N-ethyl adjacent to an activating group) is 1. The van der Waals surface area contributed by atoms with Crippen molar-refractivity contribution < 1.29 is 18.9 Å². The summed E-state index contributed by atoms with van der Waals surface area (Å²) in [5.74, 6) is 0.586. The number of hydrogen-bond donors (Lipinski definition) is 1. The van der Waals surface area contributed by atoms with Gasteiger partial charge in [0.1, 0.15) is 0 Å². The largest absolute Gasteiger partial charge is 0.385 e. The molecule has 1 aliphatic rings. The van der Waals surface area contributed by atoms with E-state index in [9.17, 15) is 0 Å². The molecule has 5 nitrogen and oxygen atoms in total. The predicted octanol–water partition coefficient (Wildman–Crippen LogP) is 1.07. The second-order valence-corrected chi connectivity index (χ2v) is 4.82. The highest BCUT2D eigenvalue weighted by atomic mass is 16.5. The average Bonchev–Trinajstić information content (AvgIpc) is 2.94. The zero-order valence-electron chi connectivity index (χ0n) is 12.4. The van der Waals surface area contributed by atoms with Gasteiger partial charge in [0.2, 0.25) is 0 Å². The van der Waals surface area contributed by atoms with Crippen LogP contribution in [0.25, 0.3) is 0 Å². The van der Waals surface area contributed by atoms with Crippen molar-refractivity contribution in [2.45, 2.75) is 25.8 Å². The Balaban J connectivity index is 1.98. The fraction of sp³-hybridized carbons (Fsp3) is 1.00. The van der Waals surface area contributed by atoms with Gasteiger partial charge >= 0.3 is 0 Å². The number of methoxy groups -OCH3 is 1. The average molecular weight is 275 g/mol. The Morgan fingerprint density at radius 1 is 1.21 bits per heavy atom. The standard InChI is InChI=1S/C14H29NO4/c1-3-15-14(13-5-8-18-11-13)12-19-10-9-17-7-4-6-16-2/h13-15H,3-12H2,1-2H3. The molecule has 0 spiro atoms. The molecule has 2 unspecified atom stereocenters. The lowest BCUT2D eigenvalue weighted by Gasteiger charge is -2.23. The molecule has 5 heteroatoms. The first-order chi connectivity index (χ1) is 9.38. The van der Waals surface area contributed by atoms with Gasteiger partial charge in [-0.1, -0.05) is 6.92 Å². The highest BCUT2D eigenvalue weighted by Gasteiger charge is 2.24. The van der Waals surface area contributed by atoms with Gasteiger partial charge in [-0.25, -0.2) is 0 Å². The Labute approximate surface area is 116 Å². The van der Waals surface area contributed by atoms with Crippen LogP contribution in [-0.4, -0.2) is 65.9 Å². The van der Waals surface area contributed by atoms with Crippen molar-refractivity contribution >= 4 is 0 Å². The smallest absolute Gasteiger partial charge is 0.0701 e. The molecule has 0 aromatic rings. The van der Waals surface area contributed by atoms with E-state index < -0.39 is 0 Å². The van der Waals surface area contributed by atoms with Crippen molar-refractivity contribution in [1.29, 1.82) is 0 Å². The molecule has 0 amide bonds. The lowest BCUT2D eigenvalue weighted by molar-refractivity contribution is 0.0259. The highest BCUT2D eigenvalue weighted by Crippen LogP contribution is 2.16. The third-order valence-corrected chi connectivity index (χ3v) is 3.31. The Hall–Kier alpha value is -0.200. The number of nitrogens with one attached hydrogen (secondary N) is 1. The summed E-state index contributed by atoms with van der Waals surface area (Å²) in [6, 6.07) is 0.404. The second kappa shape index (κ2) is 11.6. The Bertz CT molecular complexity index is 198. The molecule has 0 bridgehead atoms. The summed E-state index contributed by atoms with van der Waals surface area (Å²) in [7, 11) is 1.71. The van der Waals surface area contributed by atoms with Gasteiger partial charge in [-0.05, 0) is 19.4 Å². The van der Waals surface area contributed by atoms with Crippen molar-refractivity contribution in [1.82, 2.24) is 5.32 Å². The van der Waals surface area contributed by atoms with Crippen LogP contribution >= 0.6 is 0 Å². The molecular weight excluding hydrogens is 246 g/mol. The van der Waals surface area contributed by atoms with Crippen molar-refractivity contribution in [2.24, 2.45) is 5.92 Å². The number of ether oxygens (including phenoxy) is 4. The van der Waals surface area contributed by atoms with Crippen molar-refractivity contribution in [3.63, 3.8) is 0 Å². The van der Waals surface area contributed by atoms with E-state index in [1.165, 1.54) is 0 Å². The normalized spacial score (nSPS) is 20.8. The SMILES string of the molecule is CCNC(COCCOCCCOC)C1CCOC1. The van der Waals surface area contributed by atoms with Crippen LogP contribution in [0.15, 0.2) is 0 Å². The molecule has 1 aliphatic heterocycles. The van der Waals surface area contributed by atoms with Crippen molar-refractivity contribution in [3.05, 3.63) is 0 Å². The lowest BCUT2D eigenvalue weighted by atomic mass is 10.00. The molecule has 0 aromatic carbocycles. The predicted molar refractivity (Wildman–Crippen MR) is 74.5 cm³/mol. The number of rotatable bonds is 12. The zero-order valence-corrected chi connectivity index (χ0v) is 12.4. The molecule has 1 saturated heterocycles. The van der Waals surface area contributed by atoms with Crippen LogP contribution < -0.4 is 5.32 Å². The third kappa shape index (κ3) is 7.84. The quantitative estimate of drug-likeness (QED) is 0.540. The topological polar surface area (TPSA) is 49.0 Å². The summed E-state index contributed by atoms with van der Waals surface area (Å²) in [6.07, 6.45) is 2.07. The monoisotopic (exact) mass is 275 g/mol. The maximum atomic E-state index is 5.69. The summed E-state index contributed by atoms with van der Waals surface area (Å²) in [5.41, 5.74) is 0. The van der Waals surface area contributed by atoms with E-state index in [1.54, 1.807) is 7.11 Å². The molecule has 0 aromatic heterocycles. The first-order valence-corrected chi connectivity index (χ1v) is 7.34. The van der Waals surface area contributed by atoms with Crippen LogP contribution in [0.1, 0.15) is 19.8 Å². The molecular formula is C14H29NO4. The molecule has 2 atom stereocenters. The van der Waals surface area contributed by atoms with E-state index in [1.807, 2.05) is 0 Å². The fourth-order valence-electron chi connectivity index (χ4n) is 2.23. The summed E-state index contributed by atoms with van der Waals surface area (Å²) in [6.45, 7) is 8.38. The molecule has 0 radical (unpaired) electrons. The van der Waals surface area contributed by atoms with E-state index in [2.05, 4.69) is 12.2 Å². The second-order valence-electron chi connectivity index (χ2n) is 4.82. The molecule has 0 aliphatic carbocycles. The fourth-order valence-corrected chi connectivity index (χ4v) is 2.23. The van der Waals surface area contributed by atoms with Gasteiger partial charge in [-0.3, -0.25) is 0 Å². The minimum Gasteiger partial charge on any atom is -0.385 e. The Morgan fingerprint density at radius 2 is 2.05 bits per heavy atom. The van der Waals surface area contributed by atoms with Gasteiger partial charge in [0, 0.05) is 38.9 Å². The summed E-state index contributed by atoms with van der Waals surface area (Å²) in [4.78, 5) is 0. The van der Waals surface area contributed by atoms with Gasteiger partial charge in [0.15, 0.2) is 0 Å². The van der Waals surface area contributed by atoms with Gasteiger partial charge in [-0.15, -0.1) is 0 Å². The van der Waals surface area contributed by atoms with Crippen molar-refractivity contribution in [2.75, 3.05) is 59.9 Å². The van der Waals surface area contributed by atoms with E-state index in [4.69, 9.17) is 18.9 Å². The molecule has 114 valence electrons. The van der Waals surface area contributed by atoms with Gasteiger partial charge < -0.3 is 24.3 Å². The van der Waals surface area contributed by atoms with Crippen LogP contribution in [0, 0.1) is 5.92 Å². The maximum absolute atomic E-state index is 5.69. The molecule has 1 N–H and O–H groups in total. The van der Waals surface area contributed by atoms with Crippen LogP contribution in [0.4, 0.5) is 0 Å². The van der Waals surface area contributed by atoms with Gasteiger partial charge in [0.25, 0.3) is 0 Å². The van der Waals surface area contributed by atoms with Crippen LogP contribution in [0.2, 0.25) is 0 Å². The molecule has 1 rings (SSSR count). The lowest BCUT2D eigenvalue weighted by Crippen LogP contribution is -2.40.